The van der Waals surface area contributed by atoms with E-state index in [0.717, 1.165) is 32.5 Å². The van der Waals surface area contributed by atoms with Crippen LogP contribution in [-0.2, 0) is 7.05 Å². The SMILES string of the molecule is CN1CCC(C)(CNC(=O)c2cc(N)cn2C)CC1. The van der Waals surface area contributed by atoms with E-state index in [1.165, 1.54) is 0 Å². The molecule has 1 amide bonds. The number of aromatic nitrogens is 1. The van der Waals surface area contributed by atoms with Crippen molar-refractivity contribution in [2.24, 2.45) is 12.5 Å². The lowest BCUT2D eigenvalue weighted by molar-refractivity contribution is 0.0884. The minimum absolute atomic E-state index is 0.0423. The first-order valence-electron chi connectivity index (χ1n) is 6.78. The Hall–Kier alpha value is -1.49. The standard InChI is InChI=1S/C14H24N4O/c1-14(4-6-17(2)7-5-14)10-16-13(19)12-8-11(15)9-18(12)3/h8-9H,4-7,10,15H2,1-3H3,(H,16,19). The summed E-state index contributed by atoms with van der Waals surface area (Å²) >= 11 is 0. The molecule has 1 fully saturated rings. The van der Waals surface area contributed by atoms with Gasteiger partial charge in [0, 0.05) is 19.8 Å². The quantitative estimate of drug-likeness (QED) is 0.858. The van der Waals surface area contributed by atoms with Crippen molar-refractivity contribution < 1.29 is 4.79 Å². The smallest absolute Gasteiger partial charge is 0.267 e. The number of nitrogens with two attached hydrogens (primary N) is 1. The Labute approximate surface area is 114 Å². The van der Waals surface area contributed by atoms with Crippen LogP contribution in [0.5, 0.6) is 0 Å². The Morgan fingerprint density at radius 1 is 1.42 bits per heavy atom. The summed E-state index contributed by atoms with van der Waals surface area (Å²) in [6.07, 6.45) is 4.00. The second kappa shape index (κ2) is 5.25. The molecule has 0 aromatic carbocycles. The number of nitrogens with zero attached hydrogens (tertiary/aromatic N) is 2. The van der Waals surface area contributed by atoms with Gasteiger partial charge in [-0.05, 0) is 44.5 Å². The Balaban J connectivity index is 1.92. The number of likely N-dealkylation sites (tertiary alicyclic amines) is 1. The van der Waals surface area contributed by atoms with Gasteiger partial charge < -0.3 is 20.5 Å². The molecular weight excluding hydrogens is 240 g/mol. The van der Waals surface area contributed by atoms with E-state index in [-0.39, 0.29) is 11.3 Å². The number of amides is 1. The van der Waals surface area contributed by atoms with Crippen LogP contribution in [0, 0.1) is 5.41 Å². The molecule has 0 atom stereocenters. The monoisotopic (exact) mass is 264 g/mol. The highest BCUT2D eigenvalue weighted by atomic mass is 16.1. The third-order valence-corrected chi connectivity index (χ3v) is 4.13. The first kappa shape index (κ1) is 13.9. The highest BCUT2D eigenvalue weighted by molar-refractivity contribution is 5.93. The number of nitrogens with one attached hydrogen (secondary N) is 1. The molecule has 1 saturated heterocycles. The number of nitrogen functional groups attached to an aromatic ring is 1. The van der Waals surface area contributed by atoms with Gasteiger partial charge in [-0.25, -0.2) is 0 Å². The molecule has 2 heterocycles. The Morgan fingerprint density at radius 3 is 2.58 bits per heavy atom. The summed E-state index contributed by atoms with van der Waals surface area (Å²) in [7, 11) is 3.98. The average Bonchev–Trinajstić information content (AvgIpc) is 2.70. The molecule has 106 valence electrons. The first-order chi connectivity index (χ1) is 8.89. The first-order valence-corrected chi connectivity index (χ1v) is 6.78. The number of piperidine rings is 1. The molecule has 0 aliphatic carbocycles. The van der Waals surface area contributed by atoms with Crippen molar-refractivity contribution in [3.8, 4) is 0 Å². The second-order valence-electron chi connectivity index (χ2n) is 6.07. The van der Waals surface area contributed by atoms with Gasteiger partial charge in [-0.3, -0.25) is 4.79 Å². The van der Waals surface area contributed by atoms with Crippen molar-refractivity contribution in [3.63, 3.8) is 0 Å². The van der Waals surface area contributed by atoms with Crippen LogP contribution in [0.25, 0.3) is 0 Å². The summed E-state index contributed by atoms with van der Waals surface area (Å²) in [6, 6.07) is 1.71. The van der Waals surface area contributed by atoms with E-state index >= 15 is 0 Å². The fraction of sp³-hybridized carbons (Fsp3) is 0.643. The number of hydrogen-bond acceptors (Lipinski definition) is 3. The van der Waals surface area contributed by atoms with Crippen molar-refractivity contribution >= 4 is 11.6 Å². The lowest BCUT2D eigenvalue weighted by Gasteiger charge is -2.37. The Morgan fingerprint density at radius 2 is 2.05 bits per heavy atom. The van der Waals surface area contributed by atoms with E-state index < -0.39 is 0 Å². The zero-order chi connectivity index (χ0) is 14.0. The number of aryl methyl sites for hydroxylation is 1. The summed E-state index contributed by atoms with van der Waals surface area (Å²) in [5.41, 5.74) is 7.14. The Kier molecular flexibility index (Phi) is 3.85. The van der Waals surface area contributed by atoms with Gasteiger partial charge in [0.05, 0.1) is 5.69 Å². The van der Waals surface area contributed by atoms with Gasteiger partial charge in [0.1, 0.15) is 5.69 Å². The molecule has 0 saturated carbocycles. The van der Waals surface area contributed by atoms with Gasteiger partial charge in [-0.2, -0.15) is 0 Å². The number of carbonyl (C=O) groups is 1. The van der Waals surface area contributed by atoms with Crippen LogP contribution in [0.15, 0.2) is 12.3 Å². The molecular formula is C14H24N4O. The summed E-state index contributed by atoms with van der Waals surface area (Å²) in [5, 5.41) is 3.04. The van der Waals surface area contributed by atoms with Gasteiger partial charge >= 0.3 is 0 Å². The molecule has 1 aromatic rings. The predicted molar refractivity (Wildman–Crippen MR) is 77.0 cm³/mol. The van der Waals surface area contributed by atoms with E-state index in [0.29, 0.717) is 11.4 Å². The summed E-state index contributed by atoms with van der Waals surface area (Å²) in [4.78, 5) is 14.5. The largest absolute Gasteiger partial charge is 0.397 e. The van der Waals surface area contributed by atoms with Crippen molar-refractivity contribution in [1.82, 2.24) is 14.8 Å². The number of carbonyl (C=O) groups excluding carboxylic acids is 1. The molecule has 1 aliphatic rings. The number of hydrogen-bond donors (Lipinski definition) is 2. The maximum Gasteiger partial charge on any atom is 0.267 e. The third-order valence-electron chi connectivity index (χ3n) is 4.13. The molecule has 0 bridgehead atoms. The zero-order valence-corrected chi connectivity index (χ0v) is 12.1. The molecule has 19 heavy (non-hydrogen) atoms. The van der Waals surface area contributed by atoms with Gasteiger partial charge in [0.2, 0.25) is 0 Å². The van der Waals surface area contributed by atoms with Crippen LogP contribution in [0.1, 0.15) is 30.3 Å². The van der Waals surface area contributed by atoms with Crippen molar-refractivity contribution in [2.45, 2.75) is 19.8 Å². The predicted octanol–water partition coefficient (Wildman–Crippen LogP) is 1.07. The zero-order valence-electron chi connectivity index (χ0n) is 12.1. The van der Waals surface area contributed by atoms with Gasteiger partial charge in [0.15, 0.2) is 0 Å². The van der Waals surface area contributed by atoms with Crippen LogP contribution in [0.3, 0.4) is 0 Å². The third kappa shape index (κ3) is 3.29. The molecule has 5 heteroatoms. The van der Waals surface area contributed by atoms with Crippen LogP contribution in [0.2, 0.25) is 0 Å². The van der Waals surface area contributed by atoms with Crippen LogP contribution >= 0.6 is 0 Å². The minimum Gasteiger partial charge on any atom is -0.397 e. The highest BCUT2D eigenvalue weighted by Crippen LogP contribution is 2.29. The maximum absolute atomic E-state index is 12.1. The molecule has 0 spiro atoms. The van der Waals surface area contributed by atoms with Crippen LogP contribution < -0.4 is 11.1 Å². The molecule has 5 nitrogen and oxygen atoms in total. The average molecular weight is 264 g/mol. The van der Waals surface area contributed by atoms with Crippen LogP contribution in [-0.4, -0.2) is 42.1 Å². The van der Waals surface area contributed by atoms with Gasteiger partial charge in [0.25, 0.3) is 5.91 Å². The molecule has 3 N–H and O–H groups in total. The normalized spacial score (nSPS) is 19.3. The molecule has 0 radical (unpaired) electrons. The van der Waals surface area contributed by atoms with E-state index in [1.54, 1.807) is 16.8 Å². The minimum atomic E-state index is -0.0423. The van der Waals surface area contributed by atoms with Crippen molar-refractivity contribution in [3.05, 3.63) is 18.0 Å². The summed E-state index contributed by atoms with van der Waals surface area (Å²) in [6.45, 7) is 5.18. The van der Waals surface area contributed by atoms with Crippen molar-refractivity contribution in [2.75, 3.05) is 32.4 Å². The molecule has 0 unspecified atom stereocenters. The van der Waals surface area contributed by atoms with Gasteiger partial charge in [-0.1, -0.05) is 6.92 Å². The topological polar surface area (TPSA) is 63.3 Å². The Bertz CT molecular complexity index is 458. The fourth-order valence-corrected chi connectivity index (χ4v) is 2.54. The maximum atomic E-state index is 12.1. The second-order valence-corrected chi connectivity index (χ2v) is 6.07. The lowest BCUT2D eigenvalue weighted by Crippen LogP contribution is -2.43. The van der Waals surface area contributed by atoms with E-state index in [2.05, 4.69) is 24.2 Å². The summed E-state index contributed by atoms with van der Waals surface area (Å²) in [5.74, 6) is -0.0423. The fourth-order valence-electron chi connectivity index (χ4n) is 2.54. The van der Waals surface area contributed by atoms with E-state index in [4.69, 9.17) is 5.73 Å². The number of anilines is 1. The van der Waals surface area contributed by atoms with E-state index in [1.807, 2.05) is 7.05 Å². The molecule has 1 aromatic heterocycles. The van der Waals surface area contributed by atoms with E-state index in [9.17, 15) is 4.79 Å². The molecule has 1 aliphatic heterocycles. The highest BCUT2D eigenvalue weighted by Gasteiger charge is 2.29. The van der Waals surface area contributed by atoms with Crippen LogP contribution in [0.4, 0.5) is 5.69 Å². The number of rotatable bonds is 3. The van der Waals surface area contributed by atoms with Crippen molar-refractivity contribution in [1.29, 1.82) is 0 Å². The lowest BCUT2D eigenvalue weighted by atomic mass is 9.80. The molecule has 2 rings (SSSR count). The summed E-state index contributed by atoms with van der Waals surface area (Å²) < 4.78 is 1.77. The van der Waals surface area contributed by atoms with Gasteiger partial charge in [-0.15, -0.1) is 0 Å².